The number of benzene rings is 1. The molecule has 0 amide bonds. The fourth-order valence-electron chi connectivity index (χ4n) is 3.45. The van der Waals surface area contributed by atoms with Gasteiger partial charge < -0.3 is 15.2 Å². The van der Waals surface area contributed by atoms with Crippen LogP contribution < -0.4 is 5.32 Å². The molecule has 152 valence electrons. The van der Waals surface area contributed by atoms with Crippen molar-refractivity contribution >= 4 is 29.1 Å². The third kappa shape index (κ3) is 4.67. The second-order valence-electron chi connectivity index (χ2n) is 7.12. The van der Waals surface area contributed by atoms with E-state index in [2.05, 4.69) is 11.4 Å². The molecule has 2 N–H and O–H groups in total. The van der Waals surface area contributed by atoms with E-state index in [1.54, 1.807) is 13.8 Å². The lowest BCUT2D eigenvalue weighted by Crippen LogP contribution is -2.56. The minimum atomic E-state index is -1.54. The standard InChI is InChI=1S/C22H24N2O3S2/c1-4-27-21(25)19-18(17-6-5-11-28-17)16(12-23)20(24-22(19,3)26)29-13-15-9-7-14(2)8-10-15/h5-11,18-19,24,26H,4,13H2,1-3H3. The van der Waals surface area contributed by atoms with Crippen LogP contribution in [-0.4, -0.2) is 23.4 Å². The van der Waals surface area contributed by atoms with E-state index in [0.29, 0.717) is 16.4 Å². The molecule has 3 unspecified atom stereocenters. The van der Waals surface area contributed by atoms with Gasteiger partial charge in [0.2, 0.25) is 0 Å². The van der Waals surface area contributed by atoms with E-state index < -0.39 is 23.5 Å². The Hall–Kier alpha value is -2.27. The van der Waals surface area contributed by atoms with Crippen LogP contribution in [0.1, 0.15) is 35.8 Å². The Bertz CT molecular complexity index is 928. The molecule has 0 bridgehead atoms. The number of ether oxygens (including phenoxy) is 1. The number of nitriles is 1. The van der Waals surface area contributed by atoms with Gasteiger partial charge in [0.1, 0.15) is 11.6 Å². The van der Waals surface area contributed by atoms with Gasteiger partial charge in [0.15, 0.2) is 0 Å². The number of hydrogen-bond acceptors (Lipinski definition) is 7. The number of aliphatic hydroxyl groups is 1. The van der Waals surface area contributed by atoms with Gasteiger partial charge in [-0.1, -0.05) is 35.9 Å². The lowest BCUT2D eigenvalue weighted by molar-refractivity contribution is -0.160. The first-order chi connectivity index (χ1) is 13.9. The van der Waals surface area contributed by atoms with Gasteiger partial charge in [-0.15, -0.1) is 23.1 Å². The second-order valence-corrected chi connectivity index (χ2v) is 9.09. The first kappa shape index (κ1) is 21.4. The minimum Gasteiger partial charge on any atom is -0.466 e. The van der Waals surface area contributed by atoms with Crippen molar-refractivity contribution in [1.29, 1.82) is 5.26 Å². The molecule has 7 heteroatoms. The van der Waals surface area contributed by atoms with Crippen LogP contribution in [-0.2, 0) is 15.3 Å². The van der Waals surface area contributed by atoms with Gasteiger partial charge in [0, 0.05) is 16.5 Å². The highest BCUT2D eigenvalue weighted by molar-refractivity contribution is 8.02. The lowest BCUT2D eigenvalue weighted by atomic mass is 9.76. The molecule has 3 rings (SSSR count). The van der Waals surface area contributed by atoms with Crippen LogP contribution in [0.3, 0.4) is 0 Å². The second kappa shape index (κ2) is 9.04. The van der Waals surface area contributed by atoms with E-state index in [9.17, 15) is 15.2 Å². The largest absolute Gasteiger partial charge is 0.466 e. The third-order valence-corrected chi connectivity index (χ3v) is 6.92. The summed E-state index contributed by atoms with van der Waals surface area (Å²) in [4.78, 5) is 13.6. The van der Waals surface area contributed by atoms with E-state index in [-0.39, 0.29) is 6.61 Å². The zero-order valence-electron chi connectivity index (χ0n) is 16.6. The molecule has 5 nitrogen and oxygen atoms in total. The fourth-order valence-corrected chi connectivity index (χ4v) is 5.44. The lowest BCUT2D eigenvalue weighted by Gasteiger charge is -2.42. The van der Waals surface area contributed by atoms with Gasteiger partial charge in [-0.2, -0.15) is 5.26 Å². The molecule has 1 aromatic heterocycles. The fraction of sp³-hybridized carbons (Fsp3) is 0.364. The zero-order valence-corrected chi connectivity index (χ0v) is 18.3. The molecule has 2 heterocycles. The Morgan fingerprint density at radius 2 is 2.10 bits per heavy atom. The van der Waals surface area contributed by atoms with Crippen molar-refractivity contribution in [2.45, 2.75) is 38.2 Å². The number of aryl methyl sites for hydroxylation is 1. The van der Waals surface area contributed by atoms with Crippen LogP contribution in [0.25, 0.3) is 0 Å². The third-order valence-electron chi connectivity index (χ3n) is 4.88. The highest BCUT2D eigenvalue weighted by Gasteiger charge is 2.51. The average molecular weight is 429 g/mol. The van der Waals surface area contributed by atoms with Gasteiger partial charge >= 0.3 is 5.97 Å². The molecule has 0 aliphatic carbocycles. The van der Waals surface area contributed by atoms with Crippen LogP contribution in [0.2, 0.25) is 0 Å². The predicted molar refractivity (Wildman–Crippen MR) is 116 cm³/mol. The van der Waals surface area contributed by atoms with Crippen molar-refractivity contribution in [3.05, 3.63) is 68.4 Å². The molecule has 0 saturated heterocycles. The summed E-state index contributed by atoms with van der Waals surface area (Å²) in [5.74, 6) is -1.35. The summed E-state index contributed by atoms with van der Waals surface area (Å²) in [7, 11) is 0. The molecule has 3 atom stereocenters. The normalized spacial score (nSPS) is 24.0. The maximum absolute atomic E-state index is 12.7. The Balaban J connectivity index is 2.00. The zero-order chi connectivity index (χ0) is 21.0. The van der Waals surface area contributed by atoms with Crippen molar-refractivity contribution < 1.29 is 14.6 Å². The van der Waals surface area contributed by atoms with Crippen LogP contribution >= 0.6 is 23.1 Å². The molecule has 2 aromatic rings. The van der Waals surface area contributed by atoms with Crippen molar-refractivity contribution in [3.63, 3.8) is 0 Å². The summed E-state index contributed by atoms with van der Waals surface area (Å²) in [5.41, 5.74) is 1.21. The van der Waals surface area contributed by atoms with E-state index in [4.69, 9.17) is 4.74 Å². The molecule has 1 aliphatic rings. The van der Waals surface area contributed by atoms with Crippen molar-refractivity contribution in [2.24, 2.45) is 5.92 Å². The number of nitrogens with one attached hydrogen (secondary N) is 1. The average Bonchev–Trinajstić information content (AvgIpc) is 3.21. The quantitative estimate of drug-likeness (QED) is 0.668. The van der Waals surface area contributed by atoms with E-state index >= 15 is 0 Å². The van der Waals surface area contributed by atoms with E-state index in [1.165, 1.54) is 28.7 Å². The number of nitrogens with zero attached hydrogens (tertiary/aromatic N) is 1. The predicted octanol–water partition coefficient (Wildman–Crippen LogP) is 4.30. The molecule has 0 saturated carbocycles. The number of allylic oxidation sites excluding steroid dienone is 1. The van der Waals surface area contributed by atoms with Crippen LogP contribution in [0, 0.1) is 24.2 Å². The number of rotatable bonds is 6. The summed E-state index contributed by atoms with van der Waals surface area (Å²) < 4.78 is 5.24. The Morgan fingerprint density at radius 3 is 2.69 bits per heavy atom. The number of thiophene rings is 1. The highest BCUT2D eigenvalue weighted by Crippen LogP contribution is 2.46. The topological polar surface area (TPSA) is 82.4 Å². The van der Waals surface area contributed by atoms with Crippen LogP contribution in [0.4, 0.5) is 0 Å². The van der Waals surface area contributed by atoms with E-state index in [1.807, 2.05) is 48.7 Å². The molecule has 0 fully saturated rings. The monoisotopic (exact) mass is 428 g/mol. The summed E-state index contributed by atoms with van der Waals surface area (Å²) in [5, 5.41) is 26.7. The van der Waals surface area contributed by atoms with Crippen molar-refractivity contribution in [3.8, 4) is 6.07 Å². The summed E-state index contributed by atoms with van der Waals surface area (Å²) in [6, 6.07) is 14.3. The first-order valence-electron chi connectivity index (χ1n) is 9.40. The molecule has 29 heavy (non-hydrogen) atoms. The number of hydrogen-bond donors (Lipinski definition) is 2. The minimum absolute atomic E-state index is 0.212. The molecular formula is C22H24N2O3S2. The maximum Gasteiger partial charge on any atom is 0.314 e. The summed E-state index contributed by atoms with van der Waals surface area (Å²) >= 11 is 2.92. The van der Waals surface area contributed by atoms with Crippen LogP contribution in [0.15, 0.2) is 52.4 Å². The number of carbonyl (C=O) groups is 1. The molecule has 0 spiro atoms. The number of esters is 1. The van der Waals surface area contributed by atoms with Crippen LogP contribution in [0.5, 0.6) is 0 Å². The van der Waals surface area contributed by atoms with E-state index in [0.717, 1.165) is 10.4 Å². The highest BCUT2D eigenvalue weighted by atomic mass is 32.2. The van der Waals surface area contributed by atoms with Gasteiger partial charge in [-0.05, 0) is 37.8 Å². The summed E-state index contributed by atoms with van der Waals surface area (Å²) in [6.45, 7) is 5.54. The van der Waals surface area contributed by atoms with Gasteiger partial charge in [-0.25, -0.2) is 0 Å². The molecule has 1 aromatic carbocycles. The van der Waals surface area contributed by atoms with Gasteiger partial charge in [0.05, 0.1) is 23.3 Å². The molecule has 1 aliphatic heterocycles. The maximum atomic E-state index is 12.7. The Labute approximate surface area is 179 Å². The first-order valence-corrected chi connectivity index (χ1v) is 11.3. The molecule has 0 radical (unpaired) electrons. The Morgan fingerprint density at radius 1 is 1.38 bits per heavy atom. The SMILES string of the molecule is CCOC(=O)C1C(c2cccs2)C(C#N)=C(SCc2ccc(C)cc2)NC1(C)O. The number of thioether (sulfide) groups is 1. The van der Waals surface area contributed by atoms with Gasteiger partial charge in [0.25, 0.3) is 0 Å². The number of carbonyl (C=O) groups excluding carboxylic acids is 1. The smallest absolute Gasteiger partial charge is 0.314 e. The van der Waals surface area contributed by atoms with Crippen molar-refractivity contribution in [1.82, 2.24) is 5.32 Å². The molecular weight excluding hydrogens is 404 g/mol. The van der Waals surface area contributed by atoms with Gasteiger partial charge in [-0.3, -0.25) is 4.79 Å². The Kier molecular flexibility index (Phi) is 6.68. The van der Waals surface area contributed by atoms with Crippen molar-refractivity contribution in [2.75, 3.05) is 6.61 Å². The summed E-state index contributed by atoms with van der Waals surface area (Å²) in [6.07, 6.45) is 0.